The quantitative estimate of drug-likeness (QED) is 0.672. The van der Waals surface area contributed by atoms with Crippen molar-refractivity contribution in [1.29, 1.82) is 0 Å². The van der Waals surface area contributed by atoms with Crippen LogP contribution in [-0.2, 0) is 4.74 Å². The fourth-order valence-corrected chi connectivity index (χ4v) is 1.38. The summed E-state index contributed by atoms with van der Waals surface area (Å²) in [5.74, 6) is -1.28. The summed E-state index contributed by atoms with van der Waals surface area (Å²) < 4.78 is 5.11. The smallest absolute Gasteiger partial charge is 0.244 e. The van der Waals surface area contributed by atoms with Gasteiger partial charge in [-0.15, -0.1) is 0 Å². The molecule has 1 unspecified atom stereocenters. The normalized spacial score (nSPS) is 22.8. The molecule has 1 aliphatic rings. The van der Waals surface area contributed by atoms with E-state index in [1.807, 2.05) is 12.1 Å². The molecule has 0 spiro atoms. The van der Waals surface area contributed by atoms with E-state index in [0.29, 0.717) is 5.69 Å². The maximum atomic E-state index is 9.94. The van der Waals surface area contributed by atoms with Crippen molar-refractivity contribution in [3.63, 3.8) is 0 Å². The largest absolute Gasteiger partial charge is 0.465 e. The number of aliphatic hydroxyl groups is 1. The number of nitrogens with two attached hydrogens (primary N) is 1. The first-order valence-electron chi connectivity index (χ1n) is 5.02. The van der Waals surface area contributed by atoms with Gasteiger partial charge in [-0.1, -0.05) is 6.08 Å². The number of anilines is 2. The third-order valence-corrected chi connectivity index (χ3v) is 2.27. The van der Waals surface area contributed by atoms with E-state index in [9.17, 15) is 5.11 Å². The fraction of sp³-hybridized carbons (Fsp3) is 0.167. The van der Waals surface area contributed by atoms with Crippen LogP contribution >= 0.6 is 0 Å². The lowest BCUT2D eigenvalue weighted by Crippen LogP contribution is -2.37. The Hall–Kier alpha value is -1.94. The zero-order valence-corrected chi connectivity index (χ0v) is 8.76. The topological polar surface area (TPSA) is 67.5 Å². The highest BCUT2D eigenvalue weighted by Crippen LogP contribution is 2.16. The molecule has 1 atom stereocenters. The van der Waals surface area contributed by atoms with Crippen LogP contribution in [0.25, 0.3) is 0 Å². The maximum absolute atomic E-state index is 9.94. The van der Waals surface area contributed by atoms with E-state index >= 15 is 0 Å². The monoisotopic (exact) mass is 218 g/mol. The van der Waals surface area contributed by atoms with Gasteiger partial charge in [-0.3, -0.25) is 0 Å². The highest BCUT2D eigenvalue weighted by atomic mass is 16.6. The predicted octanol–water partition coefficient (Wildman–Crippen LogP) is 1.47. The molecule has 1 aromatic carbocycles. The van der Waals surface area contributed by atoms with Gasteiger partial charge in [0.05, 0.1) is 12.8 Å². The molecule has 16 heavy (non-hydrogen) atoms. The third kappa shape index (κ3) is 2.55. The van der Waals surface area contributed by atoms with Crippen LogP contribution in [0.3, 0.4) is 0 Å². The lowest BCUT2D eigenvalue weighted by Gasteiger charge is -2.26. The first-order valence-corrected chi connectivity index (χ1v) is 5.02. The second-order valence-electron chi connectivity index (χ2n) is 3.63. The van der Waals surface area contributed by atoms with E-state index in [0.717, 1.165) is 5.69 Å². The van der Waals surface area contributed by atoms with Crippen LogP contribution in [-0.4, -0.2) is 17.4 Å². The van der Waals surface area contributed by atoms with Crippen LogP contribution in [0.4, 0.5) is 11.4 Å². The summed E-state index contributed by atoms with van der Waals surface area (Å²) in [6, 6.07) is 7.29. The minimum Gasteiger partial charge on any atom is -0.465 e. The molecule has 0 aliphatic carbocycles. The van der Waals surface area contributed by atoms with Crippen molar-refractivity contribution < 1.29 is 9.84 Å². The number of ether oxygens (including phenoxy) is 1. The zero-order chi connectivity index (χ0) is 11.4. The fourth-order valence-electron chi connectivity index (χ4n) is 1.38. The molecule has 0 bridgehead atoms. The van der Waals surface area contributed by atoms with Crippen LogP contribution in [0.15, 0.2) is 48.8 Å². The molecule has 1 aliphatic heterocycles. The van der Waals surface area contributed by atoms with Crippen LogP contribution in [0.5, 0.6) is 0 Å². The Morgan fingerprint density at radius 3 is 2.62 bits per heavy atom. The number of hydrogen-bond donors (Lipinski definition) is 3. The van der Waals surface area contributed by atoms with E-state index < -0.39 is 5.79 Å². The maximum Gasteiger partial charge on any atom is 0.244 e. The van der Waals surface area contributed by atoms with Crippen molar-refractivity contribution in [3.8, 4) is 0 Å². The number of rotatable bonds is 3. The van der Waals surface area contributed by atoms with Crippen molar-refractivity contribution in [2.75, 3.05) is 17.6 Å². The van der Waals surface area contributed by atoms with Crippen LogP contribution in [0.1, 0.15) is 0 Å². The molecule has 0 radical (unpaired) electrons. The van der Waals surface area contributed by atoms with Gasteiger partial charge < -0.3 is 20.9 Å². The second-order valence-corrected chi connectivity index (χ2v) is 3.63. The van der Waals surface area contributed by atoms with Gasteiger partial charge in [0.15, 0.2) is 0 Å². The molecule has 0 aromatic heterocycles. The van der Waals surface area contributed by atoms with Gasteiger partial charge in [0.1, 0.15) is 0 Å². The van der Waals surface area contributed by atoms with Crippen LogP contribution in [0, 0.1) is 0 Å². The summed E-state index contributed by atoms with van der Waals surface area (Å²) >= 11 is 0. The van der Waals surface area contributed by atoms with Crippen LogP contribution < -0.4 is 11.1 Å². The molecule has 0 amide bonds. The number of benzene rings is 1. The lowest BCUT2D eigenvalue weighted by molar-refractivity contribution is -0.116. The van der Waals surface area contributed by atoms with E-state index in [2.05, 4.69) is 5.32 Å². The van der Waals surface area contributed by atoms with E-state index in [1.165, 1.54) is 6.26 Å². The van der Waals surface area contributed by atoms with Gasteiger partial charge in [-0.25, -0.2) is 0 Å². The summed E-state index contributed by atoms with van der Waals surface area (Å²) in [5, 5.41) is 13.0. The molecule has 0 saturated carbocycles. The number of nitrogen functional groups attached to an aromatic ring is 1. The van der Waals surface area contributed by atoms with E-state index in [-0.39, 0.29) is 6.54 Å². The Labute approximate surface area is 94.0 Å². The molecule has 0 saturated heterocycles. The molecule has 4 heteroatoms. The SMILES string of the molecule is Nc1ccc(NCC2(O)C=CC=CO2)cc1. The summed E-state index contributed by atoms with van der Waals surface area (Å²) in [7, 11) is 0. The third-order valence-electron chi connectivity index (χ3n) is 2.27. The number of allylic oxidation sites excluding steroid dienone is 2. The van der Waals surface area contributed by atoms with E-state index in [1.54, 1.807) is 30.4 Å². The second kappa shape index (κ2) is 4.28. The Kier molecular flexibility index (Phi) is 2.83. The van der Waals surface area contributed by atoms with E-state index in [4.69, 9.17) is 10.5 Å². The Balaban J connectivity index is 1.94. The number of hydrogen-bond acceptors (Lipinski definition) is 4. The molecule has 2 rings (SSSR count). The predicted molar refractivity (Wildman–Crippen MR) is 63.7 cm³/mol. The minimum absolute atomic E-state index is 0.276. The van der Waals surface area contributed by atoms with Crippen molar-refractivity contribution in [1.82, 2.24) is 0 Å². The van der Waals surface area contributed by atoms with Crippen molar-refractivity contribution in [2.24, 2.45) is 0 Å². The first-order chi connectivity index (χ1) is 7.68. The zero-order valence-electron chi connectivity index (χ0n) is 8.76. The summed E-state index contributed by atoms with van der Waals surface area (Å²) in [6.45, 7) is 0.276. The molecular formula is C12H14N2O2. The first kappa shape index (κ1) is 10.6. The average molecular weight is 218 g/mol. The molecule has 4 nitrogen and oxygen atoms in total. The Morgan fingerprint density at radius 2 is 2.00 bits per heavy atom. The van der Waals surface area contributed by atoms with Gasteiger partial charge in [0.2, 0.25) is 5.79 Å². The highest BCUT2D eigenvalue weighted by molar-refractivity contribution is 5.51. The molecule has 84 valence electrons. The molecule has 0 fully saturated rings. The lowest BCUT2D eigenvalue weighted by atomic mass is 10.2. The van der Waals surface area contributed by atoms with Gasteiger partial charge in [0.25, 0.3) is 0 Å². The highest BCUT2D eigenvalue weighted by Gasteiger charge is 2.24. The number of nitrogens with one attached hydrogen (secondary N) is 1. The van der Waals surface area contributed by atoms with Gasteiger partial charge in [-0.2, -0.15) is 0 Å². The Morgan fingerprint density at radius 1 is 1.25 bits per heavy atom. The van der Waals surface area contributed by atoms with Gasteiger partial charge in [0, 0.05) is 11.4 Å². The summed E-state index contributed by atoms with van der Waals surface area (Å²) in [6.07, 6.45) is 6.52. The van der Waals surface area contributed by atoms with Crippen molar-refractivity contribution in [3.05, 3.63) is 48.8 Å². The molecule has 4 N–H and O–H groups in total. The summed E-state index contributed by atoms with van der Waals surface area (Å²) in [5.41, 5.74) is 7.16. The van der Waals surface area contributed by atoms with Gasteiger partial charge >= 0.3 is 0 Å². The average Bonchev–Trinajstić information content (AvgIpc) is 2.29. The van der Waals surface area contributed by atoms with Crippen molar-refractivity contribution in [2.45, 2.75) is 5.79 Å². The Bertz CT molecular complexity index is 412. The summed E-state index contributed by atoms with van der Waals surface area (Å²) in [4.78, 5) is 0. The molecular weight excluding hydrogens is 204 g/mol. The van der Waals surface area contributed by atoms with Gasteiger partial charge in [-0.05, 0) is 36.4 Å². The van der Waals surface area contributed by atoms with Crippen LogP contribution in [0.2, 0.25) is 0 Å². The molecule has 1 aromatic rings. The molecule has 1 heterocycles. The minimum atomic E-state index is -1.28. The standard InChI is InChI=1S/C12H14N2O2/c13-10-3-5-11(6-4-10)14-9-12(15)7-1-2-8-16-12/h1-8,14-15H,9,13H2. The van der Waals surface area contributed by atoms with Crippen molar-refractivity contribution >= 4 is 11.4 Å².